The number of pyridine rings is 2. The summed E-state index contributed by atoms with van der Waals surface area (Å²) in [6, 6.07) is 14.3. The van der Waals surface area contributed by atoms with E-state index in [1.807, 2.05) is 45.7 Å². The smallest absolute Gasteiger partial charge is 0.0798 e. The van der Waals surface area contributed by atoms with Gasteiger partial charge in [0, 0.05) is 12.4 Å². The van der Waals surface area contributed by atoms with Crippen LogP contribution in [0.15, 0.2) is 54.9 Å². The quantitative estimate of drug-likeness (QED) is 0.453. The van der Waals surface area contributed by atoms with Crippen LogP contribution in [-0.2, 0) is 12.8 Å². The second-order valence-electron chi connectivity index (χ2n) is 5.20. The Morgan fingerprint density at radius 1 is 0.913 bits per heavy atom. The number of nitrogens with zero attached hydrogens (tertiary/aromatic N) is 4. The van der Waals surface area contributed by atoms with Crippen molar-refractivity contribution in [1.29, 1.82) is 0 Å². The predicted octanol–water partition coefficient (Wildman–Crippen LogP) is 4.40. The summed E-state index contributed by atoms with van der Waals surface area (Å²) in [5.41, 5.74) is 4.71. The molecule has 0 aliphatic carbocycles. The monoisotopic (exact) mass is 418 g/mol. The molecular weight excluding hydrogens is 399 g/mol. The highest BCUT2D eigenvalue weighted by Crippen LogP contribution is 2.17. The van der Waals surface area contributed by atoms with Gasteiger partial charge in [0.05, 0.1) is 26.0 Å². The Labute approximate surface area is 149 Å². The molecule has 118 valence electrons. The van der Waals surface area contributed by atoms with Crippen LogP contribution in [0, 0.1) is 3.57 Å². The van der Waals surface area contributed by atoms with Crippen molar-refractivity contribution in [3.8, 4) is 0 Å². The van der Waals surface area contributed by atoms with Gasteiger partial charge in [-0.3, -0.25) is 0 Å². The van der Waals surface area contributed by atoms with Crippen molar-refractivity contribution < 1.29 is 0 Å². The Balaban J connectivity index is 0.000000136. The van der Waals surface area contributed by atoms with Gasteiger partial charge in [-0.15, -0.1) is 0 Å². The maximum absolute atomic E-state index is 4.44. The molecule has 0 unspecified atom stereocenters. The molecule has 0 aromatic carbocycles. The average molecular weight is 418 g/mol. The first-order chi connectivity index (χ1) is 11.2. The number of aryl methyl sites for hydroxylation is 2. The van der Waals surface area contributed by atoms with E-state index < -0.39 is 0 Å². The molecule has 0 radical (unpaired) electrons. The van der Waals surface area contributed by atoms with E-state index in [2.05, 4.69) is 64.8 Å². The topological polar surface area (TPSA) is 34.6 Å². The van der Waals surface area contributed by atoms with Gasteiger partial charge < -0.3 is 0 Å². The van der Waals surface area contributed by atoms with E-state index in [9.17, 15) is 0 Å². The maximum atomic E-state index is 4.44. The summed E-state index contributed by atoms with van der Waals surface area (Å²) in [5.74, 6) is 0. The molecular formula is C18H19IN4. The third kappa shape index (κ3) is 3.39. The van der Waals surface area contributed by atoms with Gasteiger partial charge in [0.1, 0.15) is 0 Å². The summed E-state index contributed by atoms with van der Waals surface area (Å²) >= 11 is 2.35. The van der Waals surface area contributed by atoms with Crippen LogP contribution < -0.4 is 0 Å². The van der Waals surface area contributed by atoms with Crippen molar-refractivity contribution in [3.63, 3.8) is 0 Å². The standard InChI is InChI=1S/C9H9IN2.C9H10N2/c1-2-7-9(10)8-5-3-4-6-12(8)11-7;1-2-8-7-9-5-3-4-6-11(9)10-8/h3-6H,2H2,1H3;3-7H,2H2,1H3. The molecule has 4 heterocycles. The van der Waals surface area contributed by atoms with Crippen LogP contribution in [0.25, 0.3) is 11.0 Å². The van der Waals surface area contributed by atoms with Gasteiger partial charge in [0.25, 0.3) is 0 Å². The normalized spacial score (nSPS) is 10.7. The highest BCUT2D eigenvalue weighted by atomic mass is 127. The average Bonchev–Trinajstić information content (AvgIpc) is 3.16. The van der Waals surface area contributed by atoms with E-state index in [0.717, 1.165) is 18.5 Å². The molecule has 0 saturated heterocycles. The molecule has 0 atom stereocenters. The molecule has 0 N–H and O–H groups in total. The Bertz CT molecular complexity index is 890. The molecule has 4 aromatic rings. The maximum Gasteiger partial charge on any atom is 0.0798 e. The fourth-order valence-electron chi connectivity index (χ4n) is 2.41. The number of rotatable bonds is 2. The Morgan fingerprint density at radius 2 is 1.65 bits per heavy atom. The van der Waals surface area contributed by atoms with E-state index in [0.29, 0.717) is 0 Å². The van der Waals surface area contributed by atoms with Crippen molar-refractivity contribution in [2.24, 2.45) is 0 Å². The minimum Gasteiger partial charge on any atom is -0.241 e. The first kappa shape index (κ1) is 16.0. The molecule has 4 rings (SSSR count). The fourth-order valence-corrected chi connectivity index (χ4v) is 3.32. The highest BCUT2D eigenvalue weighted by molar-refractivity contribution is 14.1. The lowest BCUT2D eigenvalue weighted by Gasteiger charge is -1.88. The van der Waals surface area contributed by atoms with Gasteiger partial charge in [-0.25, -0.2) is 9.03 Å². The lowest BCUT2D eigenvalue weighted by Crippen LogP contribution is -1.85. The summed E-state index contributed by atoms with van der Waals surface area (Å²) in [4.78, 5) is 0. The number of hydrogen-bond donors (Lipinski definition) is 0. The zero-order chi connectivity index (χ0) is 16.2. The van der Waals surface area contributed by atoms with Crippen LogP contribution in [0.3, 0.4) is 0 Å². The third-order valence-electron chi connectivity index (χ3n) is 3.66. The molecule has 0 saturated carbocycles. The first-order valence-corrected chi connectivity index (χ1v) is 8.85. The van der Waals surface area contributed by atoms with Crippen LogP contribution >= 0.6 is 22.6 Å². The lowest BCUT2D eigenvalue weighted by atomic mass is 10.3. The van der Waals surface area contributed by atoms with Crippen molar-refractivity contribution in [2.45, 2.75) is 26.7 Å². The van der Waals surface area contributed by atoms with Crippen molar-refractivity contribution in [2.75, 3.05) is 0 Å². The largest absolute Gasteiger partial charge is 0.241 e. The van der Waals surface area contributed by atoms with Crippen LogP contribution in [-0.4, -0.2) is 19.2 Å². The Morgan fingerprint density at radius 3 is 2.30 bits per heavy atom. The van der Waals surface area contributed by atoms with Gasteiger partial charge in [0.2, 0.25) is 0 Å². The number of fused-ring (bicyclic) bond motifs is 2. The van der Waals surface area contributed by atoms with Crippen LogP contribution in [0.2, 0.25) is 0 Å². The number of halogens is 1. The summed E-state index contributed by atoms with van der Waals surface area (Å²) in [6.45, 7) is 4.24. The van der Waals surface area contributed by atoms with Crippen molar-refractivity contribution in [3.05, 3.63) is 69.8 Å². The van der Waals surface area contributed by atoms with Gasteiger partial charge in [-0.2, -0.15) is 10.2 Å². The zero-order valence-electron chi connectivity index (χ0n) is 13.3. The second kappa shape index (κ2) is 7.12. The third-order valence-corrected chi connectivity index (χ3v) is 4.84. The van der Waals surface area contributed by atoms with E-state index in [4.69, 9.17) is 0 Å². The molecule has 0 bridgehead atoms. The molecule has 0 aliphatic rings. The molecule has 4 nitrogen and oxygen atoms in total. The summed E-state index contributed by atoms with van der Waals surface area (Å²) in [6.07, 6.45) is 5.95. The highest BCUT2D eigenvalue weighted by Gasteiger charge is 2.06. The summed E-state index contributed by atoms with van der Waals surface area (Å²) in [5, 5.41) is 8.79. The Kier molecular flexibility index (Phi) is 4.95. The second-order valence-corrected chi connectivity index (χ2v) is 6.28. The van der Waals surface area contributed by atoms with Gasteiger partial charge in [0.15, 0.2) is 0 Å². The minimum absolute atomic E-state index is 1.000. The van der Waals surface area contributed by atoms with Crippen molar-refractivity contribution >= 4 is 33.6 Å². The summed E-state index contributed by atoms with van der Waals surface area (Å²) in [7, 11) is 0. The SMILES string of the molecule is CCc1cc2ccccn2n1.CCc1nn2ccccc2c1I. The molecule has 0 aliphatic heterocycles. The lowest BCUT2D eigenvalue weighted by molar-refractivity contribution is 0.896. The fraction of sp³-hybridized carbons (Fsp3) is 0.222. The van der Waals surface area contributed by atoms with Crippen LogP contribution in [0.5, 0.6) is 0 Å². The number of aromatic nitrogens is 4. The predicted molar refractivity (Wildman–Crippen MR) is 102 cm³/mol. The van der Waals surface area contributed by atoms with Gasteiger partial charge in [-0.05, 0) is 65.8 Å². The van der Waals surface area contributed by atoms with Crippen LogP contribution in [0.4, 0.5) is 0 Å². The molecule has 0 spiro atoms. The Hall–Kier alpha value is -1.89. The van der Waals surface area contributed by atoms with Crippen LogP contribution in [0.1, 0.15) is 25.2 Å². The van der Waals surface area contributed by atoms with E-state index in [-0.39, 0.29) is 0 Å². The minimum atomic E-state index is 1.000. The van der Waals surface area contributed by atoms with Gasteiger partial charge >= 0.3 is 0 Å². The first-order valence-electron chi connectivity index (χ1n) is 7.78. The molecule has 5 heteroatoms. The number of hydrogen-bond acceptors (Lipinski definition) is 2. The van der Waals surface area contributed by atoms with E-state index in [1.54, 1.807) is 0 Å². The molecule has 0 fully saturated rings. The molecule has 23 heavy (non-hydrogen) atoms. The molecule has 0 amide bonds. The van der Waals surface area contributed by atoms with E-state index >= 15 is 0 Å². The molecule has 4 aromatic heterocycles. The summed E-state index contributed by atoms with van der Waals surface area (Å²) < 4.78 is 5.11. The van der Waals surface area contributed by atoms with Crippen molar-refractivity contribution in [1.82, 2.24) is 19.2 Å². The van der Waals surface area contributed by atoms with Gasteiger partial charge in [-0.1, -0.05) is 26.0 Å². The zero-order valence-corrected chi connectivity index (χ0v) is 15.4. The van der Waals surface area contributed by atoms with E-state index in [1.165, 1.54) is 20.3 Å².